The van der Waals surface area contributed by atoms with Crippen molar-refractivity contribution in [3.05, 3.63) is 58.1 Å². The largest absolute Gasteiger partial charge is 0.490 e. The summed E-state index contributed by atoms with van der Waals surface area (Å²) in [5.41, 5.74) is 2.36. The van der Waals surface area contributed by atoms with Gasteiger partial charge in [-0.1, -0.05) is 34.1 Å². The molecule has 2 rings (SSSR count). The lowest BCUT2D eigenvalue weighted by molar-refractivity contribution is 0.217. The first-order valence-corrected chi connectivity index (χ1v) is 7.03. The summed E-state index contributed by atoms with van der Waals surface area (Å²) in [5.74, 6) is 1.75. The Morgan fingerprint density at radius 3 is 1.95 bits per heavy atom. The average molecular weight is 321 g/mol. The van der Waals surface area contributed by atoms with Crippen molar-refractivity contribution in [3.63, 3.8) is 0 Å². The summed E-state index contributed by atoms with van der Waals surface area (Å²) in [6.07, 6.45) is 0. The van der Waals surface area contributed by atoms with E-state index < -0.39 is 0 Å². The lowest BCUT2D eigenvalue weighted by Gasteiger charge is -2.11. The van der Waals surface area contributed by atoms with E-state index in [1.165, 1.54) is 11.1 Å². The van der Waals surface area contributed by atoms with Gasteiger partial charge < -0.3 is 9.47 Å². The molecule has 0 spiro atoms. The smallest absolute Gasteiger partial charge is 0.122 e. The van der Waals surface area contributed by atoms with Gasteiger partial charge >= 0.3 is 0 Å². The van der Waals surface area contributed by atoms with Crippen LogP contribution in [-0.4, -0.2) is 13.2 Å². The van der Waals surface area contributed by atoms with Crippen LogP contribution in [0, 0.1) is 13.8 Å². The molecule has 0 fully saturated rings. The van der Waals surface area contributed by atoms with Crippen molar-refractivity contribution in [2.24, 2.45) is 0 Å². The second kappa shape index (κ2) is 6.62. The van der Waals surface area contributed by atoms with Gasteiger partial charge in [-0.25, -0.2) is 0 Å². The van der Waals surface area contributed by atoms with Crippen LogP contribution in [0.1, 0.15) is 11.1 Å². The van der Waals surface area contributed by atoms with Crippen LogP contribution in [0.5, 0.6) is 11.5 Å². The molecule has 0 unspecified atom stereocenters. The van der Waals surface area contributed by atoms with E-state index in [0.717, 1.165) is 16.0 Å². The van der Waals surface area contributed by atoms with E-state index in [0.29, 0.717) is 13.2 Å². The Balaban J connectivity index is 1.83. The molecule has 0 atom stereocenters. The Hall–Kier alpha value is -1.48. The Morgan fingerprint density at radius 1 is 0.842 bits per heavy atom. The fraction of sp³-hybridized carbons (Fsp3) is 0.250. The zero-order valence-electron chi connectivity index (χ0n) is 11.2. The highest BCUT2D eigenvalue weighted by molar-refractivity contribution is 9.10. The summed E-state index contributed by atoms with van der Waals surface area (Å²) >= 11 is 3.55. The molecule has 0 aromatic heterocycles. The fourth-order valence-electron chi connectivity index (χ4n) is 1.83. The summed E-state index contributed by atoms with van der Waals surface area (Å²) in [5, 5.41) is 0. The number of para-hydroxylation sites is 1. The predicted molar refractivity (Wildman–Crippen MR) is 81.0 cm³/mol. The molecular weight excluding hydrogens is 304 g/mol. The van der Waals surface area contributed by atoms with Crippen molar-refractivity contribution in [1.29, 1.82) is 0 Å². The molecule has 0 saturated heterocycles. The van der Waals surface area contributed by atoms with Gasteiger partial charge in [0.05, 0.1) is 0 Å². The van der Waals surface area contributed by atoms with Crippen LogP contribution < -0.4 is 9.47 Å². The quantitative estimate of drug-likeness (QED) is 0.754. The van der Waals surface area contributed by atoms with Gasteiger partial charge in [-0.05, 0) is 49.2 Å². The maximum absolute atomic E-state index is 5.70. The number of ether oxygens (including phenoxy) is 2. The van der Waals surface area contributed by atoms with E-state index >= 15 is 0 Å². The third-order valence-electron chi connectivity index (χ3n) is 2.77. The van der Waals surface area contributed by atoms with Crippen molar-refractivity contribution in [1.82, 2.24) is 0 Å². The van der Waals surface area contributed by atoms with Gasteiger partial charge in [0.25, 0.3) is 0 Å². The molecule has 0 heterocycles. The topological polar surface area (TPSA) is 18.5 Å². The second-order valence-electron chi connectivity index (χ2n) is 4.38. The van der Waals surface area contributed by atoms with Gasteiger partial charge in [-0.2, -0.15) is 0 Å². The molecule has 0 bridgehead atoms. The van der Waals surface area contributed by atoms with E-state index in [9.17, 15) is 0 Å². The highest BCUT2D eigenvalue weighted by atomic mass is 79.9. The normalized spacial score (nSPS) is 10.3. The minimum absolute atomic E-state index is 0.537. The molecule has 100 valence electrons. The Kier molecular flexibility index (Phi) is 4.86. The monoisotopic (exact) mass is 320 g/mol. The molecule has 0 saturated carbocycles. The SMILES string of the molecule is Cc1cc(OCCOc2ccccc2)cc(C)c1Br. The third-order valence-corrected chi connectivity index (χ3v) is 4.02. The standard InChI is InChI=1S/C16H17BrO2/c1-12-10-15(11-13(2)16(12)17)19-9-8-18-14-6-4-3-5-7-14/h3-7,10-11H,8-9H2,1-2H3. The number of rotatable bonds is 5. The van der Waals surface area contributed by atoms with Crippen LogP contribution in [0.25, 0.3) is 0 Å². The molecule has 2 aromatic rings. The first kappa shape index (κ1) is 13.9. The predicted octanol–water partition coefficient (Wildman–Crippen LogP) is 4.52. The highest BCUT2D eigenvalue weighted by Gasteiger charge is 2.03. The molecule has 3 heteroatoms. The average Bonchev–Trinajstić information content (AvgIpc) is 2.42. The van der Waals surface area contributed by atoms with Crippen LogP contribution in [0.15, 0.2) is 46.9 Å². The van der Waals surface area contributed by atoms with Gasteiger partial charge in [0.1, 0.15) is 24.7 Å². The van der Waals surface area contributed by atoms with Gasteiger partial charge in [-0.3, -0.25) is 0 Å². The Morgan fingerprint density at radius 2 is 1.37 bits per heavy atom. The summed E-state index contributed by atoms with van der Waals surface area (Å²) in [7, 11) is 0. The molecule has 0 amide bonds. The van der Waals surface area contributed by atoms with Crippen molar-refractivity contribution >= 4 is 15.9 Å². The van der Waals surface area contributed by atoms with Gasteiger partial charge in [0.15, 0.2) is 0 Å². The van der Waals surface area contributed by atoms with Crippen LogP contribution >= 0.6 is 15.9 Å². The minimum Gasteiger partial charge on any atom is -0.490 e. The summed E-state index contributed by atoms with van der Waals surface area (Å²) in [4.78, 5) is 0. The second-order valence-corrected chi connectivity index (χ2v) is 5.17. The number of benzene rings is 2. The number of hydrogen-bond donors (Lipinski definition) is 0. The van der Waals surface area contributed by atoms with Gasteiger partial charge in [0, 0.05) is 4.47 Å². The highest BCUT2D eigenvalue weighted by Crippen LogP contribution is 2.26. The van der Waals surface area contributed by atoms with Crippen molar-refractivity contribution in [2.75, 3.05) is 13.2 Å². The minimum atomic E-state index is 0.537. The molecular formula is C16H17BrO2. The first-order chi connectivity index (χ1) is 9.16. The summed E-state index contributed by atoms with van der Waals surface area (Å²) in [6.45, 7) is 5.20. The van der Waals surface area contributed by atoms with E-state index in [2.05, 4.69) is 29.8 Å². The van der Waals surface area contributed by atoms with E-state index in [1.807, 2.05) is 42.5 Å². The zero-order chi connectivity index (χ0) is 13.7. The molecule has 2 nitrogen and oxygen atoms in total. The number of hydrogen-bond acceptors (Lipinski definition) is 2. The van der Waals surface area contributed by atoms with Crippen LogP contribution in [0.2, 0.25) is 0 Å². The maximum Gasteiger partial charge on any atom is 0.122 e. The van der Waals surface area contributed by atoms with E-state index in [1.54, 1.807) is 0 Å². The molecule has 0 aliphatic heterocycles. The Labute approximate surface area is 122 Å². The van der Waals surface area contributed by atoms with Gasteiger partial charge in [-0.15, -0.1) is 0 Å². The zero-order valence-corrected chi connectivity index (χ0v) is 12.7. The lowest BCUT2D eigenvalue weighted by atomic mass is 10.1. The van der Waals surface area contributed by atoms with Gasteiger partial charge in [0.2, 0.25) is 0 Å². The fourth-order valence-corrected chi connectivity index (χ4v) is 2.05. The summed E-state index contributed by atoms with van der Waals surface area (Å²) in [6, 6.07) is 13.8. The summed E-state index contributed by atoms with van der Waals surface area (Å²) < 4.78 is 12.4. The van der Waals surface area contributed by atoms with Crippen molar-refractivity contribution < 1.29 is 9.47 Å². The number of aryl methyl sites for hydroxylation is 2. The lowest BCUT2D eigenvalue weighted by Crippen LogP contribution is -2.09. The molecule has 2 aromatic carbocycles. The van der Waals surface area contributed by atoms with E-state index in [4.69, 9.17) is 9.47 Å². The molecule has 0 aliphatic carbocycles. The third kappa shape index (κ3) is 4.00. The van der Waals surface area contributed by atoms with Crippen LogP contribution in [-0.2, 0) is 0 Å². The molecule has 0 radical (unpaired) electrons. The van der Waals surface area contributed by atoms with Crippen LogP contribution in [0.4, 0.5) is 0 Å². The molecule has 19 heavy (non-hydrogen) atoms. The van der Waals surface area contributed by atoms with Crippen molar-refractivity contribution in [3.8, 4) is 11.5 Å². The maximum atomic E-state index is 5.70. The van der Waals surface area contributed by atoms with Crippen molar-refractivity contribution in [2.45, 2.75) is 13.8 Å². The van der Waals surface area contributed by atoms with E-state index in [-0.39, 0.29) is 0 Å². The Bertz CT molecular complexity index is 515. The van der Waals surface area contributed by atoms with Crippen LogP contribution in [0.3, 0.4) is 0 Å². The number of halogens is 1. The molecule has 0 aliphatic rings. The first-order valence-electron chi connectivity index (χ1n) is 6.24. The molecule has 0 N–H and O–H groups in total.